The average Bonchev–Trinajstić information content (AvgIpc) is 3.08. The molecule has 0 radical (unpaired) electrons. The largest absolute Gasteiger partial charge is 0.457 e. The second-order valence-corrected chi connectivity index (χ2v) is 5.35. The highest BCUT2D eigenvalue weighted by Crippen LogP contribution is 2.10. The highest BCUT2D eigenvalue weighted by Gasteiger charge is 2.07. The Bertz CT molecular complexity index is 763. The first-order chi connectivity index (χ1) is 11.2. The zero-order valence-electron chi connectivity index (χ0n) is 12.8. The molecule has 116 valence electrons. The maximum Gasteiger partial charge on any atom is 0.338 e. The normalized spacial score (nSPS) is 10.5. The van der Waals surface area contributed by atoms with E-state index < -0.39 is 0 Å². The van der Waals surface area contributed by atoms with Gasteiger partial charge in [0.25, 0.3) is 0 Å². The van der Waals surface area contributed by atoms with Crippen molar-refractivity contribution in [3.8, 4) is 0 Å². The first kappa shape index (κ1) is 15.0. The molecule has 0 N–H and O–H groups in total. The Morgan fingerprint density at radius 1 is 1.04 bits per heavy atom. The maximum atomic E-state index is 12.1. The van der Waals surface area contributed by atoms with Gasteiger partial charge >= 0.3 is 5.97 Å². The molecule has 3 rings (SSSR count). The summed E-state index contributed by atoms with van der Waals surface area (Å²) in [4.78, 5) is 16.0. The molecule has 0 unspecified atom stereocenters. The minimum atomic E-state index is -0.321. The van der Waals surface area contributed by atoms with Crippen molar-refractivity contribution in [3.05, 3.63) is 83.4 Å². The number of ether oxygens (including phenoxy) is 1. The zero-order chi connectivity index (χ0) is 16.1. The molecule has 5 nitrogen and oxygen atoms in total. The molecule has 1 aromatic heterocycles. The average molecular weight is 307 g/mol. The van der Waals surface area contributed by atoms with E-state index in [2.05, 4.69) is 10.1 Å². The highest BCUT2D eigenvalue weighted by atomic mass is 16.5. The summed E-state index contributed by atoms with van der Waals surface area (Å²) in [6.07, 6.45) is 3.15. The number of hydrogen-bond donors (Lipinski definition) is 0. The standard InChI is InChI=1S/C18H17N3O2/c1-14-2-4-16(5-3-14)11-23-18(22)17-8-6-15(7-9-17)10-21-13-19-12-20-21/h2-9,12-13H,10-11H2,1H3. The number of nitrogens with zero attached hydrogens (tertiary/aromatic N) is 3. The first-order valence-electron chi connectivity index (χ1n) is 7.35. The number of rotatable bonds is 5. The number of carbonyl (C=O) groups is 1. The lowest BCUT2D eigenvalue weighted by atomic mass is 10.1. The second kappa shape index (κ2) is 6.87. The lowest BCUT2D eigenvalue weighted by molar-refractivity contribution is 0.0472. The number of hydrogen-bond acceptors (Lipinski definition) is 4. The first-order valence-corrected chi connectivity index (χ1v) is 7.35. The van der Waals surface area contributed by atoms with Crippen LogP contribution in [-0.4, -0.2) is 20.7 Å². The molecule has 0 saturated heterocycles. The van der Waals surface area contributed by atoms with E-state index in [1.54, 1.807) is 23.1 Å². The van der Waals surface area contributed by atoms with Crippen molar-refractivity contribution in [2.45, 2.75) is 20.1 Å². The van der Waals surface area contributed by atoms with Crippen LogP contribution in [0.4, 0.5) is 0 Å². The van der Waals surface area contributed by atoms with Gasteiger partial charge < -0.3 is 4.74 Å². The summed E-state index contributed by atoms with van der Waals surface area (Å²) in [5.74, 6) is -0.321. The lowest BCUT2D eigenvalue weighted by Crippen LogP contribution is -2.06. The summed E-state index contributed by atoms with van der Waals surface area (Å²) >= 11 is 0. The van der Waals surface area contributed by atoms with E-state index in [1.807, 2.05) is 43.3 Å². The molecule has 0 fully saturated rings. The van der Waals surface area contributed by atoms with Crippen molar-refractivity contribution in [3.63, 3.8) is 0 Å². The Labute approximate surface area is 134 Å². The van der Waals surface area contributed by atoms with Crippen LogP contribution in [0, 0.1) is 6.92 Å². The Kier molecular flexibility index (Phi) is 4.47. The molecule has 0 aliphatic rings. The van der Waals surface area contributed by atoms with E-state index >= 15 is 0 Å². The zero-order valence-corrected chi connectivity index (χ0v) is 12.8. The van der Waals surface area contributed by atoms with Gasteiger partial charge in [-0.15, -0.1) is 0 Å². The Morgan fingerprint density at radius 2 is 1.74 bits per heavy atom. The van der Waals surface area contributed by atoms with Crippen LogP contribution >= 0.6 is 0 Å². The fraction of sp³-hybridized carbons (Fsp3) is 0.167. The maximum absolute atomic E-state index is 12.1. The van der Waals surface area contributed by atoms with Gasteiger partial charge in [-0.05, 0) is 30.2 Å². The summed E-state index contributed by atoms with van der Waals surface area (Å²) < 4.78 is 7.06. The predicted molar refractivity (Wildman–Crippen MR) is 85.9 cm³/mol. The molecule has 0 saturated carbocycles. The number of esters is 1. The Balaban J connectivity index is 1.58. The third kappa shape index (κ3) is 4.03. The number of benzene rings is 2. The van der Waals surface area contributed by atoms with Crippen LogP contribution in [0.2, 0.25) is 0 Å². The minimum Gasteiger partial charge on any atom is -0.457 e. The number of aromatic nitrogens is 3. The molecular formula is C18H17N3O2. The Hall–Kier alpha value is -2.95. The number of carbonyl (C=O) groups excluding carboxylic acids is 1. The quantitative estimate of drug-likeness (QED) is 0.680. The van der Waals surface area contributed by atoms with Crippen LogP contribution in [0.25, 0.3) is 0 Å². The molecule has 2 aromatic carbocycles. The van der Waals surface area contributed by atoms with Gasteiger partial charge in [0.15, 0.2) is 0 Å². The third-order valence-corrected chi connectivity index (χ3v) is 3.49. The molecule has 0 aliphatic carbocycles. The highest BCUT2D eigenvalue weighted by molar-refractivity contribution is 5.89. The van der Waals surface area contributed by atoms with Crippen molar-refractivity contribution in [2.75, 3.05) is 0 Å². The summed E-state index contributed by atoms with van der Waals surface area (Å²) in [6, 6.07) is 15.2. The van der Waals surface area contributed by atoms with Gasteiger partial charge in [0.2, 0.25) is 0 Å². The molecule has 0 amide bonds. The fourth-order valence-electron chi connectivity index (χ4n) is 2.16. The van der Waals surface area contributed by atoms with Crippen molar-refractivity contribution in [1.29, 1.82) is 0 Å². The number of aryl methyl sites for hydroxylation is 1. The van der Waals surface area contributed by atoms with Gasteiger partial charge in [-0.3, -0.25) is 0 Å². The molecule has 1 heterocycles. The van der Waals surface area contributed by atoms with Crippen molar-refractivity contribution >= 4 is 5.97 Å². The van der Waals surface area contributed by atoms with Crippen molar-refractivity contribution in [2.24, 2.45) is 0 Å². The molecule has 0 bridgehead atoms. The monoisotopic (exact) mass is 307 g/mol. The van der Waals surface area contributed by atoms with E-state index in [0.29, 0.717) is 12.1 Å². The van der Waals surface area contributed by atoms with Crippen molar-refractivity contribution < 1.29 is 9.53 Å². The van der Waals surface area contributed by atoms with Gasteiger partial charge in [0.05, 0.1) is 12.1 Å². The van der Waals surface area contributed by atoms with Gasteiger partial charge in [-0.1, -0.05) is 42.0 Å². The molecular weight excluding hydrogens is 290 g/mol. The molecule has 23 heavy (non-hydrogen) atoms. The van der Waals surface area contributed by atoms with Gasteiger partial charge in [0.1, 0.15) is 19.3 Å². The minimum absolute atomic E-state index is 0.278. The van der Waals surface area contributed by atoms with Crippen LogP contribution < -0.4 is 0 Å². The van der Waals surface area contributed by atoms with Crippen LogP contribution in [0.5, 0.6) is 0 Å². The van der Waals surface area contributed by atoms with Gasteiger partial charge in [-0.2, -0.15) is 5.10 Å². The van der Waals surface area contributed by atoms with E-state index in [0.717, 1.165) is 11.1 Å². The second-order valence-electron chi connectivity index (χ2n) is 5.35. The smallest absolute Gasteiger partial charge is 0.338 e. The van der Waals surface area contributed by atoms with E-state index in [4.69, 9.17) is 4.74 Å². The summed E-state index contributed by atoms with van der Waals surface area (Å²) in [6.45, 7) is 2.93. The molecule has 5 heteroatoms. The van der Waals surface area contributed by atoms with Crippen LogP contribution in [0.1, 0.15) is 27.0 Å². The molecule has 0 atom stereocenters. The molecule has 3 aromatic rings. The lowest BCUT2D eigenvalue weighted by Gasteiger charge is -2.06. The van der Waals surface area contributed by atoms with Crippen LogP contribution in [0.15, 0.2) is 61.2 Å². The summed E-state index contributed by atoms with van der Waals surface area (Å²) in [5.41, 5.74) is 3.75. The van der Waals surface area contributed by atoms with Crippen molar-refractivity contribution in [1.82, 2.24) is 14.8 Å². The van der Waals surface area contributed by atoms with E-state index in [1.165, 1.54) is 11.9 Å². The predicted octanol–water partition coefficient (Wildman–Crippen LogP) is 2.99. The summed E-state index contributed by atoms with van der Waals surface area (Å²) in [7, 11) is 0. The molecule has 0 aliphatic heterocycles. The third-order valence-electron chi connectivity index (χ3n) is 3.49. The molecule has 0 spiro atoms. The van der Waals surface area contributed by atoms with E-state index in [9.17, 15) is 4.79 Å². The fourth-order valence-corrected chi connectivity index (χ4v) is 2.16. The topological polar surface area (TPSA) is 57.0 Å². The Morgan fingerprint density at radius 3 is 2.39 bits per heavy atom. The van der Waals surface area contributed by atoms with E-state index in [-0.39, 0.29) is 12.6 Å². The SMILES string of the molecule is Cc1ccc(COC(=O)c2ccc(Cn3cncn3)cc2)cc1. The van der Waals surface area contributed by atoms with Crippen LogP contribution in [-0.2, 0) is 17.9 Å². The summed E-state index contributed by atoms with van der Waals surface area (Å²) in [5, 5.41) is 4.05. The van der Waals surface area contributed by atoms with Gasteiger partial charge in [0, 0.05) is 0 Å². The van der Waals surface area contributed by atoms with Crippen LogP contribution in [0.3, 0.4) is 0 Å². The van der Waals surface area contributed by atoms with Gasteiger partial charge in [-0.25, -0.2) is 14.5 Å².